The van der Waals surface area contributed by atoms with E-state index >= 15 is 0 Å². The molecule has 0 amide bonds. The molecule has 0 saturated heterocycles. The van der Waals surface area contributed by atoms with Gasteiger partial charge in [0, 0.05) is 17.7 Å². The van der Waals surface area contributed by atoms with Gasteiger partial charge in [0.05, 0.1) is 13.3 Å². The lowest BCUT2D eigenvalue weighted by molar-refractivity contribution is 0.397. The van der Waals surface area contributed by atoms with Crippen LogP contribution in [0.3, 0.4) is 0 Å². The van der Waals surface area contributed by atoms with Crippen LogP contribution in [0.25, 0.3) is 0 Å². The van der Waals surface area contributed by atoms with E-state index in [0.29, 0.717) is 17.3 Å². The first-order valence-corrected chi connectivity index (χ1v) is 5.36. The number of phenolic OH excluding ortho intramolecular Hbond substituents is 2. The number of anilines is 1. The van der Waals surface area contributed by atoms with Gasteiger partial charge in [0.15, 0.2) is 5.82 Å². The van der Waals surface area contributed by atoms with E-state index in [2.05, 4.69) is 20.5 Å². The number of methoxy groups -OCH3 is 1. The second-order valence-electron chi connectivity index (χ2n) is 3.56. The van der Waals surface area contributed by atoms with E-state index < -0.39 is 0 Å². The van der Waals surface area contributed by atoms with E-state index in [-0.39, 0.29) is 11.5 Å². The molecule has 0 radical (unpaired) electrons. The van der Waals surface area contributed by atoms with E-state index in [1.54, 1.807) is 6.07 Å². The monoisotopic (exact) mass is 260 g/mol. The Morgan fingerprint density at radius 2 is 2.11 bits per heavy atom. The fourth-order valence-corrected chi connectivity index (χ4v) is 1.32. The molecular weight excluding hydrogens is 248 g/mol. The molecule has 2 aromatic rings. The molecule has 0 saturated carbocycles. The summed E-state index contributed by atoms with van der Waals surface area (Å²) in [7, 11) is 1.50. The molecule has 0 aliphatic heterocycles. The molecule has 0 atom stereocenters. The zero-order valence-corrected chi connectivity index (χ0v) is 10.1. The summed E-state index contributed by atoms with van der Waals surface area (Å²) in [5.74, 6) is 0.801. The van der Waals surface area contributed by atoms with Crippen LogP contribution in [0.1, 0.15) is 5.56 Å². The number of nitrogens with zero attached hydrogens (tertiary/aromatic N) is 3. The summed E-state index contributed by atoms with van der Waals surface area (Å²) in [5, 5.41) is 22.6. The Bertz CT molecular complexity index is 601. The van der Waals surface area contributed by atoms with Crippen molar-refractivity contribution < 1.29 is 14.9 Å². The first-order chi connectivity index (χ1) is 9.19. The molecule has 7 heteroatoms. The Balaban J connectivity index is 2.06. The van der Waals surface area contributed by atoms with E-state index in [1.165, 1.54) is 37.9 Å². The Morgan fingerprint density at radius 3 is 2.84 bits per heavy atom. The van der Waals surface area contributed by atoms with Crippen LogP contribution in [0, 0.1) is 0 Å². The fraction of sp³-hybridized carbons (Fsp3) is 0.0833. The Morgan fingerprint density at radius 1 is 1.26 bits per heavy atom. The number of benzene rings is 1. The molecule has 0 aliphatic carbocycles. The van der Waals surface area contributed by atoms with Crippen LogP contribution in [-0.2, 0) is 0 Å². The molecule has 98 valence electrons. The van der Waals surface area contributed by atoms with Gasteiger partial charge in [-0.15, -0.1) is 0 Å². The SMILES string of the molecule is COc1cc(NN=Cc2ccc(O)cc2O)ncn1. The van der Waals surface area contributed by atoms with Crippen LogP contribution in [0.5, 0.6) is 17.4 Å². The molecule has 7 nitrogen and oxygen atoms in total. The summed E-state index contributed by atoms with van der Waals surface area (Å²) in [4.78, 5) is 7.79. The highest BCUT2D eigenvalue weighted by Gasteiger charge is 1.99. The quantitative estimate of drug-likeness (QED) is 0.566. The second-order valence-corrected chi connectivity index (χ2v) is 3.56. The maximum atomic E-state index is 9.55. The van der Waals surface area contributed by atoms with Crippen molar-refractivity contribution in [1.29, 1.82) is 0 Å². The van der Waals surface area contributed by atoms with Crippen LogP contribution >= 0.6 is 0 Å². The summed E-state index contributed by atoms with van der Waals surface area (Å²) in [6, 6.07) is 5.80. The van der Waals surface area contributed by atoms with Crippen LogP contribution in [0.4, 0.5) is 5.82 Å². The minimum Gasteiger partial charge on any atom is -0.508 e. The summed E-state index contributed by atoms with van der Waals surface area (Å²) < 4.78 is 4.94. The molecule has 3 N–H and O–H groups in total. The van der Waals surface area contributed by atoms with Crippen molar-refractivity contribution in [1.82, 2.24) is 9.97 Å². The minimum atomic E-state index is -0.0641. The van der Waals surface area contributed by atoms with E-state index in [9.17, 15) is 5.11 Å². The molecule has 2 rings (SSSR count). The van der Waals surface area contributed by atoms with Gasteiger partial charge in [0.2, 0.25) is 5.88 Å². The normalized spacial score (nSPS) is 10.6. The Labute approximate surface area is 109 Å². The number of rotatable bonds is 4. The Kier molecular flexibility index (Phi) is 3.77. The third-order valence-corrected chi connectivity index (χ3v) is 2.25. The lowest BCUT2D eigenvalue weighted by Crippen LogP contribution is -1.96. The second kappa shape index (κ2) is 5.67. The van der Waals surface area contributed by atoms with Gasteiger partial charge in [0.25, 0.3) is 0 Å². The van der Waals surface area contributed by atoms with Gasteiger partial charge >= 0.3 is 0 Å². The molecule has 0 spiro atoms. The number of hydrogen-bond donors (Lipinski definition) is 3. The first kappa shape index (κ1) is 12.6. The van der Waals surface area contributed by atoms with Gasteiger partial charge in [-0.1, -0.05) is 0 Å². The van der Waals surface area contributed by atoms with Crippen molar-refractivity contribution >= 4 is 12.0 Å². The maximum Gasteiger partial charge on any atom is 0.218 e. The van der Waals surface area contributed by atoms with Crippen molar-refractivity contribution in [2.75, 3.05) is 12.5 Å². The van der Waals surface area contributed by atoms with Gasteiger partial charge in [-0.25, -0.2) is 9.97 Å². The third kappa shape index (κ3) is 3.32. The smallest absolute Gasteiger partial charge is 0.218 e. The van der Waals surface area contributed by atoms with Crippen LogP contribution in [-0.4, -0.2) is 33.5 Å². The topological polar surface area (TPSA) is 99.9 Å². The predicted molar refractivity (Wildman–Crippen MR) is 69.6 cm³/mol. The number of hydrazone groups is 1. The van der Waals surface area contributed by atoms with Crippen molar-refractivity contribution in [3.8, 4) is 17.4 Å². The number of hydrogen-bond acceptors (Lipinski definition) is 7. The van der Waals surface area contributed by atoms with E-state index in [4.69, 9.17) is 9.84 Å². The maximum absolute atomic E-state index is 9.55. The molecule has 1 aromatic heterocycles. The van der Waals surface area contributed by atoms with Gasteiger partial charge in [0.1, 0.15) is 17.8 Å². The zero-order valence-electron chi connectivity index (χ0n) is 10.1. The van der Waals surface area contributed by atoms with Gasteiger partial charge in [-0.05, 0) is 12.1 Å². The molecule has 19 heavy (non-hydrogen) atoms. The van der Waals surface area contributed by atoms with Crippen LogP contribution < -0.4 is 10.2 Å². The highest BCUT2D eigenvalue weighted by Crippen LogP contribution is 2.20. The highest BCUT2D eigenvalue weighted by atomic mass is 16.5. The third-order valence-electron chi connectivity index (χ3n) is 2.25. The standard InChI is InChI=1S/C12H12N4O3/c1-19-12-5-11(13-7-14-12)16-15-6-8-2-3-9(17)4-10(8)18/h2-7,17-18H,1H3,(H,13,14,16). The van der Waals surface area contributed by atoms with Crippen LogP contribution in [0.2, 0.25) is 0 Å². The Hall–Kier alpha value is -2.83. The predicted octanol–water partition coefficient (Wildman–Crippen LogP) is 1.34. The number of nitrogens with one attached hydrogen (secondary N) is 1. The number of phenols is 2. The average Bonchev–Trinajstić information content (AvgIpc) is 2.41. The van der Waals surface area contributed by atoms with Gasteiger partial charge in [-0.3, -0.25) is 5.43 Å². The summed E-state index contributed by atoms with van der Waals surface area (Å²) in [6.45, 7) is 0. The number of ether oxygens (including phenoxy) is 1. The summed E-state index contributed by atoms with van der Waals surface area (Å²) in [5.41, 5.74) is 3.14. The van der Waals surface area contributed by atoms with Crippen molar-refractivity contribution in [3.63, 3.8) is 0 Å². The summed E-state index contributed by atoms with van der Waals surface area (Å²) in [6.07, 6.45) is 2.75. The molecule has 0 fully saturated rings. The molecule has 0 bridgehead atoms. The van der Waals surface area contributed by atoms with Gasteiger partial charge < -0.3 is 14.9 Å². The molecule has 1 aromatic carbocycles. The van der Waals surface area contributed by atoms with E-state index in [0.717, 1.165) is 0 Å². The molecule has 1 heterocycles. The first-order valence-electron chi connectivity index (χ1n) is 5.36. The van der Waals surface area contributed by atoms with Crippen LogP contribution in [0.15, 0.2) is 35.7 Å². The van der Waals surface area contributed by atoms with Crippen molar-refractivity contribution in [3.05, 3.63) is 36.2 Å². The largest absolute Gasteiger partial charge is 0.508 e. The van der Waals surface area contributed by atoms with E-state index in [1.807, 2.05) is 0 Å². The van der Waals surface area contributed by atoms with Crippen molar-refractivity contribution in [2.24, 2.45) is 5.10 Å². The van der Waals surface area contributed by atoms with Gasteiger partial charge in [-0.2, -0.15) is 5.10 Å². The zero-order chi connectivity index (χ0) is 13.7. The van der Waals surface area contributed by atoms with Crippen molar-refractivity contribution in [2.45, 2.75) is 0 Å². The fourth-order valence-electron chi connectivity index (χ4n) is 1.32. The highest BCUT2D eigenvalue weighted by molar-refractivity contribution is 5.84. The lowest BCUT2D eigenvalue weighted by Gasteiger charge is -2.02. The number of aromatic hydroxyl groups is 2. The number of aromatic nitrogens is 2. The average molecular weight is 260 g/mol. The summed E-state index contributed by atoms with van der Waals surface area (Å²) >= 11 is 0. The lowest BCUT2D eigenvalue weighted by atomic mass is 10.2. The molecule has 0 unspecified atom stereocenters. The molecular formula is C12H12N4O3. The molecule has 0 aliphatic rings. The minimum absolute atomic E-state index is 0.0110.